The summed E-state index contributed by atoms with van der Waals surface area (Å²) < 4.78 is 41.9. The average Bonchev–Trinajstić information content (AvgIpc) is 2.91. The molecule has 1 fully saturated rings. The first-order valence-electron chi connectivity index (χ1n) is 12.2. The molecule has 4 aromatic rings. The number of phenolic OH excluding ortho intramolecular Hbond substituents is 1. The average molecular weight is 606 g/mol. The number of aromatic hydroxyl groups is 1. The Morgan fingerprint density at radius 1 is 1.02 bits per heavy atom. The molecule has 1 aliphatic heterocycles. The minimum atomic E-state index is -3.62. The van der Waals surface area contributed by atoms with Gasteiger partial charge in [0.2, 0.25) is 10.0 Å². The highest BCUT2D eigenvalue weighted by Crippen LogP contribution is 2.36. The molecule has 0 atom stereocenters. The van der Waals surface area contributed by atoms with E-state index in [4.69, 9.17) is 11.6 Å². The topological polar surface area (TPSA) is 103 Å². The highest BCUT2D eigenvalue weighted by molar-refractivity contribution is 7.89. The molecule has 0 bridgehead atoms. The number of hydrogen-bond acceptors (Lipinski definition) is 7. The molecule has 1 aromatic heterocycles. The van der Waals surface area contributed by atoms with Crippen molar-refractivity contribution in [1.82, 2.24) is 14.2 Å². The van der Waals surface area contributed by atoms with Gasteiger partial charge in [0.15, 0.2) is 17.3 Å². The van der Waals surface area contributed by atoms with Gasteiger partial charge in [0.05, 0.1) is 26.7 Å². The Labute approximate surface area is 242 Å². The van der Waals surface area contributed by atoms with Crippen LogP contribution in [0.2, 0.25) is 5.02 Å². The monoisotopic (exact) mass is 604 g/mol. The number of aromatic nitrogens is 1. The maximum atomic E-state index is 14.2. The van der Waals surface area contributed by atoms with Crippen LogP contribution < -0.4 is 5.32 Å². The van der Waals surface area contributed by atoms with Crippen molar-refractivity contribution in [3.05, 3.63) is 77.2 Å². The van der Waals surface area contributed by atoms with E-state index in [9.17, 15) is 22.7 Å². The van der Waals surface area contributed by atoms with Gasteiger partial charge in [0.1, 0.15) is 0 Å². The third-order valence-electron chi connectivity index (χ3n) is 6.82. The van der Waals surface area contributed by atoms with Gasteiger partial charge in [-0.15, -0.1) is 12.4 Å². The van der Waals surface area contributed by atoms with Crippen LogP contribution in [0.4, 0.5) is 15.8 Å². The first-order chi connectivity index (χ1) is 18.5. The van der Waals surface area contributed by atoms with Crippen LogP contribution in [-0.2, 0) is 10.0 Å². The fraction of sp³-hybridized carbons (Fsp3) is 0.214. The number of phenols is 1. The van der Waals surface area contributed by atoms with Crippen molar-refractivity contribution in [3.63, 3.8) is 0 Å². The first kappa shape index (κ1) is 29.7. The van der Waals surface area contributed by atoms with Gasteiger partial charge in [-0.05, 0) is 73.6 Å². The number of pyridine rings is 1. The van der Waals surface area contributed by atoms with Crippen LogP contribution in [0.5, 0.6) is 5.75 Å². The second kappa shape index (κ2) is 11.7. The molecule has 0 radical (unpaired) electrons. The first-order valence-corrected chi connectivity index (χ1v) is 14.0. The molecule has 12 heteroatoms. The largest absolute Gasteiger partial charge is 0.504 e. The van der Waals surface area contributed by atoms with E-state index >= 15 is 0 Å². The second-order valence-corrected chi connectivity index (χ2v) is 11.8. The number of Topliss-reactive ketones (excluding diaryl/α,β-unsaturated/α-hetero) is 1. The molecule has 0 aliphatic carbocycles. The maximum absolute atomic E-state index is 14.2. The molecule has 1 saturated heterocycles. The molecule has 2 heterocycles. The zero-order valence-corrected chi connectivity index (χ0v) is 24.1. The highest BCUT2D eigenvalue weighted by Gasteiger charge is 2.27. The third-order valence-corrected chi connectivity index (χ3v) is 9.02. The van der Waals surface area contributed by atoms with E-state index in [1.54, 1.807) is 42.5 Å². The van der Waals surface area contributed by atoms with Crippen molar-refractivity contribution in [3.8, 4) is 16.9 Å². The van der Waals surface area contributed by atoms with Crippen LogP contribution in [-0.4, -0.2) is 66.7 Å². The Morgan fingerprint density at radius 2 is 1.70 bits per heavy atom. The maximum Gasteiger partial charge on any atom is 0.243 e. The summed E-state index contributed by atoms with van der Waals surface area (Å²) in [6.07, 6.45) is 1.48. The van der Waals surface area contributed by atoms with Gasteiger partial charge >= 0.3 is 0 Å². The van der Waals surface area contributed by atoms with E-state index in [1.165, 1.54) is 29.6 Å². The molecule has 8 nitrogen and oxygen atoms in total. The Hall–Kier alpha value is -3.28. The molecule has 1 aliphatic rings. The van der Waals surface area contributed by atoms with Crippen LogP contribution in [0.1, 0.15) is 17.3 Å². The van der Waals surface area contributed by atoms with Crippen molar-refractivity contribution in [2.45, 2.75) is 11.8 Å². The highest BCUT2D eigenvalue weighted by atomic mass is 35.5. The Morgan fingerprint density at radius 3 is 2.33 bits per heavy atom. The summed E-state index contributed by atoms with van der Waals surface area (Å²) in [5.74, 6) is -1.69. The van der Waals surface area contributed by atoms with Gasteiger partial charge in [0, 0.05) is 43.4 Å². The number of hydrogen-bond donors (Lipinski definition) is 2. The van der Waals surface area contributed by atoms with Crippen molar-refractivity contribution in [2.75, 3.05) is 38.5 Å². The molecular weight excluding hydrogens is 578 g/mol. The standard InChI is InChI=1S/C28H26ClFN4O4S.ClH/c1-17(35)23-16-31-26-8-3-18(19-14-24(29)28(36)25(30)15-19)13-22(26)27(23)32-20-4-6-21(7-5-20)39(37,38)34-11-9-33(2)10-12-34;/h3-8,13-16,36H,9-12H2,1-2H3,(H,31,32);1H. The predicted molar refractivity (Wildman–Crippen MR) is 157 cm³/mol. The van der Waals surface area contributed by atoms with E-state index in [2.05, 4.69) is 15.2 Å². The number of rotatable bonds is 6. The van der Waals surface area contributed by atoms with Crippen LogP contribution in [0.3, 0.4) is 0 Å². The number of nitrogens with one attached hydrogen (secondary N) is 1. The number of benzene rings is 3. The number of nitrogens with zero attached hydrogens (tertiary/aromatic N) is 3. The van der Waals surface area contributed by atoms with Gasteiger partial charge in [-0.2, -0.15) is 4.31 Å². The molecule has 3 aromatic carbocycles. The molecule has 210 valence electrons. The molecule has 2 N–H and O–H groups in total. The van der Waals surface area contributed by atoms with Gasteiger partial charge in [-0.3, -0.25) is 9.78 Å². The number of fused-ring (bicyclic) bond motifs is 1. The summed E-state index contributed by atoms with van der Waals surface area (Å²) in [6.45, 7) is 3.64. The number of carbonyl (C=O) groups excluding carboxylic acids is 1. The van der Waals surface area contributed by atoms with Crippen molar-refractivity contribution in [2.24, 2.45) is 0 Å². The molecule has 5 rings (SSSR count). The zero-order valence-electron chi connectivity index (χ0n) is 21.7. The zero-order chi connectivity index (χ0) is 27.9. The predicted octanol–water partition coefficient (Wildman–Crippen LogP) is 5.70. The molecule has 0 amide bonds. The van der Waals surface area contributed by atoms with Gasteiger partial charge < -0.3 is 15.3 Å². The van der Waals surface area contributed by atoms with Crippen LogP contribution in [0, 0.1) is 5.82 Å². The Balaban J connectivity index is 0.00000370. The van der Waals surface area contributed by atoms with E-state index in [0.29, 0.717) is 65.1 Å². The summed E-state index contributed by atoms with van der Waals surface area (Å²) in [5, 5.41) is 13.4. The van der Waals surface area contributed by atoms with Gasteiger partial charge in [0.25, 0.3) is 0 Å². The van der Waals surface area contributed by atoms with Crippen LogP contribution in [0.25, 0.3) is 22.0 Å². The number of carbonyl (C=O) groups is 1. The molecule has 0 saturated carbocycles. The van der Waals surface area contributed by atoms with Crippen LogP contribution in [0.15, 0.2) is 65.7 Å². The second-order valence-electron chi connectivity index (χ2n) is 9.48. The van der Waals surface area contributed by atoms with Crippen molar-refractivity contribution < 1.29 is 22.7 Å². The molecular formula is C28H27Cl2FN4O4S. The minimum absolute atomic E-state index is 0. The summed E-state index contributed by atoms with van der Waals surface area (Å²) >= 11 is 5.99. The van der Waals surface area contributed by atoms with Crippen molar-refractivity contribution >= 4 is 62.1 Å². The van der Waals surface area contributed by atoms with E-state index in [-0.39, 0.29) is 28.1 Å². The number of ketones is 1. The fourth-order valence-electron chi connectivity index (χ4n) is 4.54. The Bertz CT molecular complexity index is 1670. The van der Waals surface area contributed by atoms with Crippen molar-refractivity contribution in [1.29, 1.82) is 0 Å². The van der Waals surface area contributed by atoms with E-state index in [1.807, 2.05) is 7.05 Å². The smallest absolute Gasteiger partial charge is 0.243 e. The lowest BCUT2D eigenvalue weighted by Crippen LogP contribution is -2.46. The molecule has 40 heavy (non-hydrogen) atoms. The van der Waals surface area contributed by atoms with Gasteiger partial charge in [-0.1, -0.05) is 17.7 Å². The lowest BCUT2D eigenvalue weighted by atomic mass is 10.00. The SMILES string of the molecule is CC(=O)c1cnc2ccc(-c3cc(F)c(O)c(Cl)c3)cc2c1Nc1ccc(S(=O)(=O)N2CCN(C)CC2)cc1.Cl. The normalized spacial score (nSPS) is 14.6. The number of sulfonamides is 1. The lowest BCUT2D eigenvalue weighted by Gasteiger charge is -2.31. The molecule has 0 unspecified atom stereocenters. The summed E-state index contributed by atoms with van der Waals surface area (Å²) in [4.78, 5) is 19.2. The summed E-state index contributed by atoms with van der Waals surface area (Å²) in [6, 6.07) is 14.3. The summed E-state index contributed by atoms with van der Waals surface area (Å²) in [5.41, 5.74) is 3.02. The quantitative estimate of drug-likeness (QED) is 0.272. The van der Waals surface area contributed by atoms with E-state index in [0.717, 1.165) is 0 Å². The fourth-order valence-corrected chi connectivity index (χ4v) is 6.17. The number of anilines is 2. The number of halogens is 3. The lowest BCUT2D eigenvalue weighted by molar-refractivity contribution is 0.101. The Kier molecular flexibility index (Phi) is 8.67. The third kappa shape index (κ3) is 5.77. The number of piperazine rings is 1. The minimum Gasteiger partial charge on any atom is -0.504 e. The number of likely N-dealkylation sites (N-methyl/N-ethyl adjacent to an activating group) is 1. The van der Waals surface area contributed by atoms with E-state index < -0.39 is 21.6 Å². The molecule has 0 spiro atoms. The summed E-state index contributed by atoms with van der Waals surface area (Å²) in [7, 11) is -1.66. The van der Waals surface area contributed by atoms with Crippen LogP contribution >= 0.6 is 24.0 Å². The van der Waals surface area contributed by atoms with Gasteiger partial charge in [-0.25, -0.2) is 12.8 Å².